The third-order valence-corrected chi connectivity index (χ3v) is 3.69. The summed E-state index contributed by atoms with van der Waals surface area (Å²) < 4.78 is 2.05. The fraction of sp³-hybridized carbons (Fsp3) is 0.118. The summed E-state index contributed by atoms with van der Waals surface area (Å²) in [5, 5.41) is 14.8. The lowest BCUT2D eigenvalue weighted by Crippen LogP contribution is -2.01. The molecule has 0 spiro atoms. The summed E-state index contributed by atoms with van der Waals surface area (Å²) >= 11 is 0. The van der Waals surface area contributed by atoms with Gasteiger partial charge in [0.2, 0.25) is 0 Å². The van der Waals surface area contributed by atoms with E-state index < -0.39 is 4.92 Å². The van der Waals surface area contributed by atoms with Crippen molar-refractivity contribution in [3.05, 3.63) is 75.9 Å². The van der Waals surface area contributed by atoms with E-state index in [1.165, 1.54) is 18.3 Å². The van der Waals surface area contributed by atoms with Crippen molar-refractivity contribution < 1.29 is 4.92 Å². The lowest BCUT2D eigenvalue weighted by molar-refractivity contribution is -0.385. The topological polar surface area (TPSA) is 98.2 Å². The van der Waals surface area contributed by atoms with Crippen molar-refractivity contribution >= 4 is 17.7 Å². The molecule has 3 aromatic heterocycles. The summed E-state index contributed by atoms with van der Waals surface area (Å²) in [7, 11) is 0. The van der Waals surface area contributed by atoms with Gasteiger partial charge in [-0.25, -0.2) is 9.97 Å². The molecule has 0 saturated carbocycles. The Morgan fingerprint density at radius 3 is 2.72 bits per heavy atom. The highest BCUT2D eigenvalue weighted by atomic mass is 16.6. The maximum atomic E-state index is 10.6. The molecule has 0 amide bonds. The molecule has 0 aromatic carbocycles. The first kappa shape index (κ1) is 16.3. The van der Waals surface area contributed by atoms with Gasteiger partial charge in [0, 0.05) is 29.2 Å². The predicted octanol–water partition coefficient (Wildman–Crippen LogP) is 3.24. The number of nitro groups is 1. The smallest absolute Gasteiger partial charge is 0.287 e. The highest BCUT2D eigenvalue weighted by Gasteiger charge is 2.10. The second-order valence-electron chi connectivity index (χ2n) is 5.38. The van der Waals surface area contributed by atoms with Gasteiger partial charge in [-0.1, -0.05) is 6.07 Å². The van der Waals surface area contributed by atoms with Crippen LogP contribution in [0.3, 0.4) is 0 Å². The molecule has 0 unspecified atom stereocenters. The Balaban J connectivity index is 1.77. The third kappa shape index (κ3) is 3.52. The number of aromatic nitrogens is 3. The van der Waals surface area contributed by atoms with Crippen molar-refractivity contribution in [3.63, 3.8) is 0 Å². The minimum absolute atomic E-state index is 0.0616. The average Bonchev–Trinajstić information content (AvgIpc) is 2.90. The standard InChI is InChI=1S/C17H16N6O2/c1-12-9-14(13(2)22(12)17-5-3-4-8-18-17)10-20-21-16-7-6-15(11-19-16)23(24)25/h3-11H,1-2H3,(H,19,21)/b20-10-. The van der Waals surface area contributed by atoms with Crippen molar-refractivity contribution in [2.24, 2.45) is 5.10 Å². The minimum Gasteiger partial charge on any atom is -0.303 e. The fourth-order valence-corrected chi connectivity index (χ4v) is 2.49. The predicted molar refractivity (Wildman–Crippen MR) is 95.1 cm³/mol. The normalized spacial score (nSPS) is 11.0. The molecule has 0 aliphatic rings. The van der Waals surface area contributed by atoms with Crippen LogP contribution in [-0.4, -0.2) is 25.7 Å². The van der Waals surface area contributed by atoms with E-state index in [2.05, 4.69) is 20.5 Å². The molecule has 0 atom stereocenters. The maximum absolute atomic E-state index is 10.6. The molecule has 0 aliphatic heterocycles. The molecule has 0 saturated heterocycles. The summed E-state index contributed by atoms with van der Waals surface area (Å²) in [5.74, 6) is 1.28. The average molecular weight is 336 g/mol. The highest BCUT2D eigenvalue weighted by Crippen LogP contribution is 2.18. The molecule has 8 nitrogen and oxygen atoms in total. The zero-order chi connectivity index (χ0) is 17.8. The number of anilines is 1. The molecule has 25 heavy (non-hydrogen) atoms. The summed E-state index contributed by atoms with van der Waals surface area (Å²) in [6.45, 7) is 4.00. The molecule has 8 heteroatoms. The lowest BCUT2D eigenvalue weighted by atomic mass is 10.3. The van der Waals surface area contributed by atoms with E-state index in [1.54, 1.807) is 12.4 Å². The van der Waals surface area contributed by atoms with Crippen molar-refractivity contribution in [3.8, 4) is 5.82 Å². The molecular formula is C17H16N6O2. The lowest BCUT2D eigenvalue weighted by Gasteiger charge is -2.07. The van der Waals surface area contributed by atoms with Crippen LogP contribution in [0.1, 0.15) is 17.0 Å². The van der Waals surface area contributed by atoms with Gasteiger partial charge in [-0.2, -0.15) is 5.10 Å². The van der Waals surface area contributed by atoms with Gasteiger partial charge >= 0.3 is 0 Å². The molecule has 0 fully saturated rings. The zero-order valence-electron chi connectivity index (χ0n) is 13.7. The molecule has 0 radical (unpaired) electrons. The van der Waals surface area contributed by atoms with Crippen LogP contribution >= 0.6 is 0 Å². The number of hydrogen-bond acceptors (Lipinski definition) is 6. The van der Waals surface area contributed by atoms with E-state index in [0.29, 0.717) is 5.82 Å². The van der Waals surface area contributed by atoms with Gasteiger partial charge in [-0.3, -0.25) is 15.5 Å². The van der Waals surface area contributed by atoms with E-state index in [4.69, 9.17) is 0 Å². The van der Waals surface area contributed by atoms with Gasteiger partial charge in [-0.05, 0) is 38.1 Å². The Labute approximate surface area is 144 Å². The first-order valence-corrected chi connectivity index (χ1v) is 7.56. The van der Waals surface area contributed by atoms with E-state index in [-0.39, 0.29) is 5.69 Å². The van der Waals surface area contributed by atoms with Crippen LogP contribution in [-0.2, 0) is 0 Å². The third-order valence-electron chi connectivity index (χ3n) is 3.69. The maximum Gasteiger partial charge on any atom is 0.287 e. The van der Waals surface area contributed by atoms with E-state index in [9.17, 15) is 10.1 Å². The second-order valence-corrected chi connectivity index (χ2v) is 5.38. The van der Waals surface area contributed by atoms with Crippen LogP contribution in [0.4, 0.5) is 11.5 Å². The molecule has 3 heterocycles. The first-order valence-electron chi connectivity index (χ1n) is 7.56. The SMILES string of the molecule is Cc1cc(/C=N\Nc2ccc([N+](=O)[O-])cn2)c(C)n1-c1ccccn1. The molecule has 0 bridgehead atoms. The molecule has 0 aliphatic carbocycles. The molecular weight excluding hydrogens is 320 g/mol. The summed E-state index contributed by atoms with van der Waals surface area (Å²) in [5.41, 5.74) is 5.71. The minimum atomic E-state index is -0.494. The van der Waals surface area contributed by atoms with Crippen molar-refractivity contribution in [1.29, 1.82) is 0 Å². The molecule has 3 aromatic rings. The van der Waals surface area contributed by atoms with Gasteiger partial charge in [0.05, 0.1) is 11.1 Å². The van der Waals surface area contributed by atoms with Gasteiger partial charge in [-0.15, -0.1) is 0 Å². The Morgan fingerprint density at radius 2 is 2.08 bits per heavy atom. The van der Waals surface area contributed by atoms with Crippen LogP contribution in [0.15, 0.2) is 53.9 Å². The number of hydrogen-bond donors (Lipinski definition) is 1. The van der Waals surface area contributed by atoms with Crippen LogP contribution in [0, 0.1) is 24.0 Å². The van der Waals surface area contributed by atoms with Crippen LogP contribution in [0.25, 0.3) is 5.82 Å². The summed E-state index contributed by atoms with van der Waals surface area (Å²) in [6.07, 6.45) is 4.62. The van der Waals surface area contributed by atoms with Crippen LogP contribution in [0.5, 0.6) is 0 Å². The Bertz CT molecular complexity index is 916. The second kappa shape index (κ2) is 6.91. The van der Waals surface area contributed by atoms with Gasteiger partial charge in [0.1, 0.15) is 17.8 Å². The van der Waals surface area contributed by atoms with Crippen molar-refractivity contribution in [1.82, 2.24) is 14.5 Å². The quantitative estimate of drug-likeness (QED) is 0.438. The first-order chi connectivity index (χ1) is 12.1. The Kier molecular flexibility index (Phi) is 4.51. The molecule has 126 valence electrons. The number of hydrazone groups is 1. The van der Waals surface area contributed by atoms with Crippen molar-refractivity contribution in [2.75, 3.05) is 5.43 Å². The van der Waals surface area contributed by atoms with E-state index in [0.717, 1.165) is 22.8 Å². The fourth-order valence-electron chi connectivity index (χ4n) is 2.49. The summed E-state index contributed by atoms with van der Waals surface area (Å²) in [6, 6.07) is 10.7. The monoisotopic (exact) mass is 336 g/mol. The zero-order valence-corrected chi connectivity index (χ0v) is 13.7. The number of nitrogens with one attached hydrogen (secondary N) is 1. The Hall–Kier alpha value is -3.55. The summed E-state index contributed by atoms with van der Waals surface area (Å²) in [4.78, 5) is 18.4. The highest BCUT2D eigenvalue weighted by molar-refractivity contribution is 5.82. The number of aryl methyl sites for hydroxylation is 1. The van der Waals surface area contributed by atoms with Crippen molar-refractivity contribution in [2.45, 2.75) is 13.8 Å². The number of rotatable bonds is 5. The molecule has 1 N–H and O–H groups in total. The number of nitrogens with zero attached hydrogens (tertiary/aromatic N) is 5. The van der Waals surface area contributed by atoms with Gasteiger partial charge in [0.25, 0.3) is 5.69 Å². The number of pyridine rings is 2. The van der Waals surface area contributed by atoms with Crippen LogP contribution < -0.4 is 5.43 Å². The molecule has 3 rings (SSSR count). The van der Waals surface area contributed by atoms with Gasteiger partial charge in [0.15, 0.2) is 0 Å². The van der Waals surface area contributed by atoms with E-state index >= 15 is 0 Å². The van der Waals surface area contributed by atoms with Gasteiger partial charge < -0.3 is 4.57 Å². The van der Waals surface area contributed by atoms with E-state index in [1.807, 2.05) is 42.7 Å². The largest absolute Gasteiger partial charge is 0.303 e. The van der Waals surface area contributed by atoms with Crippen LogP contribution in [0.2, 0.25) is 0 Å². The Morgan fingerprint density at radius 1 is 1.24 bits per heavy atom.